The molecule has 0 radical (unpaired) electrons. The zero-order valence-corrected chi connectivity index (χ0v) is 14.0. The number of carbonyl (C=O) groups is 1. The van der Waals surface area contributed by atoms with Crippen LogP contribution in [0, 0.1) is 0 Å². The SMILES string of the molecule is O=C(Cc1ccccc1)N1CCCCCC1CN1CCOCC1. The summed E-state index contributed by atoms with van der Waals surface area (Å²) in [6.45, 7) is 5.56. The molecule has 2 saturated heterocycles. The molecule has 1 aromatic rings. The zero-order valence-electron chi connectivity index (χ0n) is 14.0. The van der Waals surface area contributed by atoms with Crippen LogP contribution in [0.3, 0.4) is 0 Å². The number of rotatable bonds is 4. The Morgan fingerprint density at radius 2 is 1.83 bits per heavy atom. The van der Waals surface area contributed by atoms with Crippen LogP contribution in [-0.2, 0) is 16.0 Å². The topological polar surface area (TPSA) is 32.8 Å². The van der Waals surface area contributed by atoms with Gasteiger partial charge in [0.1, 0.15) is 0 Å². The lowest BCUT2D eigenvalue weighted by atomic mass is 10.1. The molecule has 1 amide bonds. The molecule has 0 aromatic heterocycles. The predicted octanol–water partition coefficient (Wildman–Crippen LogP) is 2.33. The molecule has 2 fully saturated rings. The predicted molar refractivity (Wildman–Crippen MR) is 91.4 cm³/mol. The average Bonchev–Trinajstić information content (AvgIpc) is 2.82. The molecule has 1 atom stereocenters. The van der Waals surface area contributed by atoms with Crippen molar-refractivity contribution in [3.63, 3.8) is 0 Å². The molecule has 23 heavy (non-hydrogen) atoms. The highest BCUT2D eigenvalue weighted by molar-refractivity contribution is 5.79. The number of morpholine rings is 1. The smallest absolute Gasteiger partial charge is 0.227 e. The summed E-state index contributed by atoms with van der Waals surface area (Å²) in [5.74, 6) is 0.288. The summed E-state index contributed by atoms with van der Waals surface area (Å²) in [5, 5.41) is 0. The lowest BCUT2D eigenvalue weighted by Crippen LogP contribution is -2.49. The van der Waals surface area contributed by atoms with Gasteiger partial charge in [-0.1, -0.05) is 43.2 Å². The van der Waals surface area contributed by atoms with Crippen LogP contribution in [0.15, 0.2) is 30.3 Å². The fraction of sp³-hybridized carbons (Fsp3) is 0.632. The number of likely N-dealkylation sites (tertiary alicyclic amines) is 1. The molecule has 0 saturated carbocycles. The number of ether oxygens (including phenoxy) is 1. The van der Waals surface area contributed by atoms with E-state index in [4.69, 9.17) is 4.74 Å². The Kier molecular flexibility index (Phi) is 6.06. The third kappa shape index (κ3) is 4.79. The number of hydrogen-bond donors (Lipinski definition) is 0. The van der Waals surface area contributed by atoms with Gasteiger partial charge in [-0.2, -0.15) is 0 Å². The van der Waals surface area contributed by atoms with Crippen molar-refractivity contribution in [1.82, 2.24) is 9.80 Å². The summed E-state index contributed by atoms with van der Waals surface area (Å²) in [6.07, 6.45) is 5.29. The Morgan fingerprint density at radius 1 is 1.04 bits per heavy atom. The molecule has 3 rings (SSSR count). The van der Waals surface area contributed by atoms with E-state index in [1.54, 1.807) is 0 Å². The molecule has 4 nitrogen and oxygen atoms in total. The molecule has 0 spiro atoms. The first-order chi connectivity index (χ1) is 11.3. The molecule has 0 aliphatic carbocycles. The normalized spacial score (nSPS) is 23.5. The Labute approximate surface area is 139 Å². The minimum absolute atomic E-state index is 0.288. The molecule has 1 unspecified atom stereocenters. The summed E-state index contributed by atoms with van der Waals surface area (Å²) in [7, 11) is 0. The molecule has 126 valence electrons. The van der Waals surface area contributed by atoms with Crippen molar-refractivity contribution >= 4 is 5.91 Å². The second-order valence-electron chi connectivity index (χ2n) is 6.67. The first-order valence-corrected chi connectivity index (χ1v) is 8.96. The molecule has 4 heteroatoms. The first-order valence-electron chi connectivity index (χ1n) is 8.96. The summed E-state index contributed by atoms with van der Waals surface area (Å²) in [5.41, 5.74) is 1.12. The van der Waals surface area contributed by atoms with E-state index in [9.17, 15) is 4.79 Å². The van der Waals surface area contributed by atoms with Gasteiger partial charge in [0.05, 0.1) is 19.6 Å². The van der Waals surface area contributed by atoms with E-state index in [0.29, 0.717) is 12.5 Å². The first kappa shape index (κ1) is 16.5. The molecule has 1 aromatic carbocycles. The Hall–Kier alpha value is -1.39. The maximum Gasteiger partial charge on any atom is 0.227 e. The lowest BCUT2D eigenvalue weighted by Gasteiger charge is -2.36. The van der Waals surface area contributed by atoms with Crippen LogP contribution in [0.4, 0.5) is 0 Å². The van der Waals surface area contributed by atoms with Crippen molar-refractivity contribution in [2.45, 2.75) is 38.1 Å². The highest BCUT2D eigenvalue weighted by Crippen LogP contribution is 2.19. The van der Waals surface area contributed by atoms with Crippen LogP contribution in [0.1, 0.15) is 31.2 Å². The van der Waals surface area contributed by atoms with Crippen molar-refractivity contribution in [2.75, 3.05) is 39.4 Å². The quantitative estimate of drug-likeness (QED) is 0.855. The average molecular weight is 316 g/mol. The molecule has 2 aliphatic rings. The van der Waals surface area contributed by atoms with Gasteiger partial charge in [0, 0.05) is 32.2 Å². The van der Waals surface area contributed by atoms with Gasteiger partial charge in [0.25, 0.3) is 0 Å². The van der Waals surface area contributed by atoms with Gasteiger partial charge in [-0.05, 0) is 18.4 Å². The number of nitrogens with zero attached hydrogens (tertiary/aromatic N) is 2. The Balaban J connectivity index is 1.63. The molecule has 2 aliphatic heterocycles. The largest absolute Gasteiger partial charge is 0.379 e. The highest BCUT2D eigenvalue weighted by atomic mass is 16.5. The second kappa shape index (κ2) is 8.46. The molecule has 0 N–H and O–H groups in total. The summed E-state index contributed by atoms with van der Waals surface area (Å²) >= 11 is 0. The molecule has 0 bridgehead atoms. The van der Waals surface area contributed by atoms with Crippen LogP contribution in [-0.4, -0.2) is 61.1 Å². The van der Waals surface area contributed by atoms with E-state index in [0.717, 1.165) is 57.8 Å². The van der Waals surface area contributed by atoms with Gasteiger partial charge in [0.2, 0.25) is 5.91 Å². The van der Waals surface area contributed by atoms with E-state index in [1.165, 1.54) is 12.8 Å². The van der Waals surface area contributed by atoms with Gasteiger partial charge < -0.3 is 9.64 Å². The van der Waals surface area contributed by atoms with E-state index in [-0.39, 0.29) is 5.91 Å². The maximum absolute atomic E-state index is 12.9. The van der Waals surface area contributed by atoms with E-state index in [1.807, 2.05) is 30.3 Å². The lowest BCUT2D eigenvalue weighted by molar-refractivity contribution is -0.133. The fourth-order valence-corrected chi connectivity index (χ4v) is 3.65. The van der Waals surface area contributed by atoms with Crippen molar-refractivity contribution in [1.29, 1.82) is 0 Å². The second-order valence-corrected chi connectivity index (χ2v) is 6.67. The van der Waals surface area contributed by atoms with E-state index < -0.39 is 0 Å². The molecule has 2 heterocycles. The van der Waals surface area contributed by atoms with Gasteiger partial charge in [-0.3, -0.25) is 9.69 Å². The third-order valence-electron chi connectivity index (χ3n) is 4.97. The summed E-state index contributed by atoms with van der Waals surface area (Å²) in [4.78, 5) is 17.5. The fourth-order valence-electron chi connectivity index (χ4n) is 3.65. The highest BCUT2D eigenvalue weighted by Gasteiger charge is 2.27. The van der Waals surface area contributed by atoms with Crippen LogP contribution < -0.4 is 0 Å². The zero-order chi connectivity index (χ0) is 15.9. The Morgan fingerprint density at radius 3 is 2.61 bits per heavy atom. The van der Waals surface area contributed by atoms with Gasteiger partial charge in [0.15, 0.2) is 0 Å². The number of amides is 1. The molecular weight excluding hydrogens is 288 g/mol. The number of carbonyl (C=O) groups excluding carboxylic acids is 1. The third-order valence-corrected chi connectivity index (χ3v) is 4.97. The van der Waals surface area contributed by atoms with Crippen molar-refractivity contribution in [3.8, 4) is 0 Å². The van der Waals surface area contributed by atoms with Crippen molar-refractivity contribution in [3.05, 3.63) is 35.9 Å². The monoisotopic (exact) mass is 316 g/mol. The van der Waals surface area contributed by atoms with Crippen LogP contribution in [0.25, 0.3) is 0 Å². The van der Waals surface area contributed by atoms with Crippen molar-refractivity contribution < 1.29 is 9.53 Å². The summed E-state index contributed by atoms with van der Waals surface area (Å²) < 4.78 is 5.44. The maximum atomic E-state index is 12.9. The van der Waals surface area contributed by atoms with Gasteiger partial charge in [-0.15, -0.1) is 0 Å². The van der Waals surface area contributed by atoms with Crippen LogP contribution >= 0.6 is 0 Å². The van der Waals surface area contributed by atoms with Crippen LogP contribution in [0.5, 0.6) is 0 Å². The van der Waals surface area contributed by atoms with Crippen molar-refractivity contribution in [2.24, 2.45) is 0 Å². The van der Waals surface area contributed by atoms with Gasteiger partial charge >= 0.3 is 0 Å². The molecular formula is C19H28N2O2. The minimum Gasteiger partial charge on any atom is -0.379 e. The standard InChI is InChI=1S/C19H28N2O2/c22-19(15-17-7-3-1-4-8-17)21-10-6-2-5-9-18(21)16-20-11-13-23-14-12-20/h1,3-4,7-8,18H,2,5-6,9-16H2. The van der Waals surface area contributed by atoms with Gasteiger partial charge in [-0.25, -0.2) is 0 Å². The van der Waals surface area contributed by atoms with E-state index >= 15 is 0 Å². The summed E-state index contributed by atoms with van der Waals surface area (Å²) in [6, 6.07) is 10.5. The number of hydrogen-bond acceptors (Lipinski definition) is 3. The van der Waals surface area contributed by atoms with E-state index in [2.05, 4.69) is 9.80 Å². The van der Waals surface area contributed by atoms with Crippen LogP contribution in [0.2, 0.25) is 0 Å². The minimum atomic E-state index is 0.288. The Bertz CT molecular complexity index is 485. The number of benzene rings is 1.